The third kappa shape index (κ3) is 2.07. The first-order valence-electron chi connectivity index (χ1n) is 4.88. The van der Waals surface area contributed by atoms with Crippen molar-refractivity contribution < 1.29 is 14.2 Å². The fraction of sp³-hybridized carbons (Fsp3) is 0.455. The van der Waals surface area contributed by atoms with Gasteiger partial charge in [0, 0.05) is 12.2 Å². The molecule has 0 bridgehead atoms. The average Bonchev–Trinajstić information content (AvgIpc) is 2.23. The van der Waals surface area contributed by atoms with E-state index in [1.54, 1.807) is 18.2 Å². The zero-order chi connectivity index (χ0) is 10.9. The van der Waals surface area contributed by atoms with Gasteiger partial charge in [0.05, 0.1) is 11.1 Å². The van der Waals surface area contributed by atoms with Crippen LogP contribution in [0.15, 0.2) is 22.7 Å². The van der Waals surface area contributed by atoms with E-state index in [1.807, 2.05) is 0 Å². The second kappa shape index (κ2) is 4.20. The summed E-state index contributed by atoms with van der Waals surface area (Å²) >= 11 is 3.11. The first-order chi connectivity index (χ1) is 7.13. The molecule has 0 saturated carbocycles. The molecule has 1 saturated heterocycles. The number of hydrogen-bond donors (Lipinski definition) is 1. The SMILES string of the molecule is OC1(c2cccc(Br)c2F)CCCOC1. The molecule has 0 amide bonds. The lowest BCUT2D eigenvalue weighted by molar-refractivity contribution is -0.0921. The van der Waals surface area contributed by atoms with Gasteiger partial charge < -0.3 is 9.84 Å². The van der Waals surface area contributed by atoms with Crippen molar-refractivity contribution >= 4 is 15.9 Å². The Morgan fingerprint density at radius 1 is 1.47 bits per heavy atom. The van der Waals surface area contributed by atoms with Crippen molar-refractivity contribution in [3.05, 3.63) is 34.1 Å². The van der Waals surface area contributed by atoms with Crippen LogP contribution in [0.4, 0.5) is 4.39 Å². The highest BCUT2D eigenvalue weighted by molar-refractivity contribution is 9.10. The largest absolute Gasteiger partial charge is 0.383 e. The number of aliphatic hydroxyl groups is 1. The van der Waals surface area contributed by atoms with Crippen LogP contribution in [0.25, 0.3) is 0 Å². The zero-order valence-electron chi connectivity index (χ0n) is 8.17. The number of halogens is 2. The number of ether oxygens (including phenoxy) is 1. The van der Waals surface area contributed by atoms with Crippen molar-refractivity contribution in [2.45, 2.75) is 18.4 Å². The van der Waals surface area contributed by atoms with Gasteiger partial charge in [-0.25, -0.2) is 4.39 Å². The molecule has 1 aliphatic rings. The molecule has 2 rings (SSSR count). The Bertz CT molecular complexity index is 362. The van der Waals surface area contributed by atoms with Crippen LogP contribution in [0.3, 0.4) is 0 Å². The van der Waals surface area contributed by atoms with Crippen LogP contribution in [-0.4, -0.2) is 18.3 Å². The van der Waals surface area contributed by atoms with E-state index in [0.29, 0.717) is 23.1 Å². The van der Waals surface area contributed by atoms with E-state index in [1.165, 1.54) is 0 Å². The zero-order valence-corrected chi connectivity index (χ0v) is 9.76. The van der Waals surface area contributed by atoms with Gasteiger partial charge in [-0.15, -0.1) is 0 Å². The van der Waals surface area contributed by atoms with Crippen molar-refractivity contribution in [3.8, 4) is 0 Å². The third-order valence-corrected chi connectivity index (χ3v) is 3.29. The fourth-order valence-corrected chi connectivity index (χ4v) is 2.22. The Balaban J connectivity index is 2.39. The Kier molecular flexibility index (Phi) is 3.09. The molecule has 1 heterocycles. The second-order valence-electron chi connectivity index (χ2n) is 3.79. The van der Waals surface area contributed by atoms with Crippen molar-refractivity contribution in [2.75, 3.05) is 13.2 Å². The molecule has 2 nitrogen and oxygen atoms in total. The Morgan fingerprint density at radius 2 is 2.27 bits per heavy atom. The molecule has 1 atom stereocenters. The van der Waals surface area contributed by atoms with Gasteiger partial charge in [0.15, 0.2) is 0 Å². The van der Waals surface area contributed by atoms with Crippen LogP contribution in [-0.2, 0) is 10.3 Å². The highest BCUT2D eigenvalue weighted by Gasteiger charge is 2.34. The summed E-state index contributed by atoms with van der Waals surface area (Å²) in [6.45, 7) is 0.804. The van der Waals surface area contributed by atoms with Gasteiger partial charge in [-0.05, 0) is 34.8 Å². The maximum absolute atomic E-state index is 13.8. The van der Waals surface area contributed by atoms with Crippen LogP contribution >= 0.6 is 15.9 Å². The van der Waals surface area contributed by atoms with E-state index in [9.17, 15) is 9.50 Å². The predicted molar refractivity (Wildman–Crippen MR) is 58.0 cm³/mol. The minimum Gasteiger partial charge on any atom is -0.383 e. The molecular formula is C11H12BrFO2. The molecule has 4 heteroatoms. The van der Waals surface area contributed by atoms with Crippen LogP contribution in [0.1, 0.15) is 18.4 Å². The Hall–Kier alpha value is -0.450. The van der Waals surface area contributed by atoms with Gasteiger partial charge in [0.2, 0.25) is 0 Å². The first-order valence-corrected chi connectivity index (χ1v) is 5.67. The van der Waals surface area contributed by atoms with E-state index < -0.39 is 11.4 Å². The standard InChI is InChI=1S/C11H12BrFO2/c12-9-4-1-3-8(10(9)13)11(14)5-2-6-15-7-11/h1,3-4,14H,2,5-7H2. The lowest BCUT2D eigenvalue weighted by Gasteiger charge is -2.32. The summed E-state index contributed by atoms with van der Waals surface area (Å²) in [6, 6.07) is 4.94. The molecule has 0 radical (unpaired) electrons. The van der Waals surface area contributed by atoms with Crippen LogP contribution in [0.5, 0.6) is 0 Å². The van der Waals surface area contributed by atoms with E-state index >= 15 is 0 Å². The molecule has 1 N–H and O–H groups in total. The predicted octanol–water partition coefficient (Wildman–Crippen LogP) is 2.59. The maximum Gasteiger partial charge on any atom is 0.143 e. The van der Waals surface area contributed by atoms with Gasteiger partial charge in [-0.3, -0.25) is 0 Å². The first kappa shape index (κ1) is 11.0. The van der Waals surface area contributed by atoms with Gasteiger partial charge in [0.1, 0.15) is 11.4 Å². The second-order valence-corrected chi connectivity index (χ2v) is 4.64. The van der Waals surface area contributed by atoms with E-state index in [2.05, 4.69) is 15.9 Å². The van der Waals surface area contributed by atoms with E-state index in [0.717, 1.165) is 6.42 Å². The van der Waals surface area contributed by atoms with Crippen molar-refractivity contribution in [1.29, 1.82) is 0 Å². The van der Waals surface area contributed by atoms with Gasteiger partial charge in [-0.2, -0.15) is 0 Å². The lowest BCUT2D eigenvalue weighted by Crippen LogP contribution is -2.36. The molecule has 1 aliphatic heterocycles. The molecule has 1 aromatic carbocycles. The van der Waals surface area contributed by atoms with Gasteiger partial charge in [-0.1, -0.05) is 12.1 Å². The number of rotatable bonds is 1. The molecule has 0 aliphatic carbocycles. The normalized spacial score (nSPS) is 26.6. The van der Waals surface area contributed by atoms with Gasteiger partial charge in [0.25, 0.3) is 0 Å². The molecule has 1 fully saturated rings. The summed E-state index contributed by atoms with van der Waals surface area (Å²) in [7, 11) is 0. The lowest BCUT2D eigenvalue weighted by atomic mass is 9.88. The topological polar surface area (TPSA) is 29.5 Å². The van der Waals surface area contributed by atoms with Crippen molar-refractivity contribution in [3.63, 3.8) is 0 Å². The summed E-state index contributed by atoms with van der Waals surface area (Å²) in [6.07, 6.45) is 1.29. The summed E-state index contributed by atoms with van der Waals surface area (Å²) in [4.78, 5) is 0. The van der Waals surface area contributed by atoms with Crippen LogP contribution < -0.4 is 0 Å². The molecular weight excluding hydrogens is 263 g/mol. The fourth-order valence-electron chi connectivity index (χ4n) is 1.86. The summed E-state index contributed by atoms with van der Waals surface area (Å²) in [5, 5.41) is 10.3. The minimum atomic E-state index is -1.17. The molecule has 82 valence electrons. The molecule has 1 aromatic rings. The maximum atomic E-state index is 13.8. The average molecular weight is 275 g/mol. The van der Waals surface area contributed by atoms with Crippen LogP contribution in [0, 0.1) is 5.82 Å². The van der Waals surface area contributed by atoms with Crippen LogP contribution in [0.2, 0.25) is 0 Å². The summed E-state index contributed by atoms with van der Waals surface area (Å²) in [5.74, 6) is -0.398. The van der Waals surface area contributed by atoms with E-state index in [-0.39, 0.29) is 6.61 Å². The van der Waals surface area contributed by atoms with E-state index in [4.69, 9.17) is 4.74 Å². The quantitative estimate of drug-likeness (QED) is 0.853. The smallest absolute Gasteiger partial charge is 0.143 e. The summed E-state index contributed by atoms with van der Waals surface area (Å²) < 4.78 is 19.3. The molecule has 1 unspecified atom stereocenters. The minimum absolute atomic E-state index is 0.167. The molecule has 15 heavy (non-hydrogen) atoms. The number of benzene rings is 1. The van der Waals surface area contributed by atoms with Crippen molar-refractivity contribution in [2.24, 2.45) is 0 Å². The Morgan fingerprint density at radius 3 is 2.93 bits per heavy atom. The molecule has 0 aromatic heterocycles. The number of hydrogen-bond acceptors (Lipinski definition) is 2. The highest BCUT2D eigenvalue weighted by Crippen LogP contribution is 2.34. The highest BCUT2D eigenvalue weighted by atomic mass is 79.9. The monoisotopic (exact) mass is 274 g/mol. The van der Waals surface area contributed by atoms with Gasteiger partial charge >= 0.3 is 0 Å². The Labute approximate surface area is 96.2 Å². The molecule has 0 spiro atoms. The van der Waals surface area contributed by atoms with Crippen molar-refractivity contribution in [1.82, 2.24) is 0 Å². The third-order valence-electron chi connectivity index (χ3n) is 2.67. The summed E-state index contributed by atoms with van der Waals surface area (Å²) in [5.41, 5.74) is -0.858.